The molecule has 1 saturated carbocycles. The zero-order chi connectivity index (χ0) is 12.0. The summed E-state index contributed by atoms with van der Waals surface area (Å²) in [6.07, 6.45) is 1.95. The molecule has 5 heteroatoms. The Kier molecular flexibility index (Phi) is 5.55. The van der Waals surface area contributed by atoms with Gasteiger partial charge in [-0.25, -0.2) is 0 Å². The van der Waals surface area contributed by atoms with Crippen LogP contribution in [0.15, 0.2) is 0 Å². The highest BCUT2D eigenvalue weighted by Gasteiger charge is 2.30. The lowest BCUT2D eigenvalue weighted by Gasteiger charge is -2.25. The number of nitrogens with two attached hydrogens (primary N) is 1. The molecule has 0 radical (unpaired) electrons. The van der Waals surface area contributed by atoms with Crippen molar-refractivity contribution in [2.24, 2.45) is 11.8 Å². The van der Waals surface area contributed by atoms with Crippen LogP contribution in [0.1, 0.15) is 51.4 Å². The molecule has 1 atom stereocenters. The summed E-state index contributed by atoms with van der Waals surface area (Å²) in [5.41, 5.74) is 2.57. The summed E-state index contributed by atoms with van der Waals surface area (Å²) in [6, 6.07) is -0.181. The Morgan fingerprint density at radius 1 is 1.12 bits per heavy atom. The second-order valence-electron chi connectivity index (χ2n) is 4.68. The van der Waals surface area contributed by atoms with Crippen LogP contribution in [0.3, 0.4) is 0 Å². The SMILES string of the molecule is NNC(CCC(F)(F)F)C1CCCCCC1. The molecule has 3 N–H and O–H groups in total. The molecule has 1 fully saturated rings. The van der Waals surface area contributed by atoms with Crippen LogP contribution in [0, 0.1) is 5.92 Å². The topological polar surface area (TPSA) is 38.0 Å². The Bertz CT molecular complexity index is 186. The minimum absolute atomic E-state index is 0.102. The number of hydrogen-bond acceptors (Lipinski definition) is 2. The minimum atomic E-state index is -4.07. The van der Waals surface area contributed by atoms with E-state index in [4.69, 9.17) is 5.84 Å². The van der Waals surface area contributed by atoms with Crippen molar-refractivity contribution >= 4 is 0 Å². The first-order chi connectivity index (χ1) is 7.53. The van der Waals surface area contributed by atoms with Crippen molar-refractivity contribution in [3.05, 3.63) is 0 Å². The lowest BCUT2D eigenvalue weighted by atomic mass is 9.89. The summed E-state index contributed by atoms with van der Waals surface area (Å²) >= 11 is 0. The molecule has 0 bridgehead atoms. The highest BCUT2D eigenvalue weighted by Crippen LogP contribution is 2.30. The number of hydrazine groups is 1. The molecular weight excluding hydrogens is 217 g/mol. The van der Waals surface area contributed by atoms with Crippen molar-refractivity contribution in [2.45, 2.75) is 63.6 Å². The Hall–Kier alpha value is -0.290. The van der Waals surface area contributed by atoms with Crippen molar-refractivity contribution in [2.75, 3.05) is 0 Å². The van der Waals surface area contributed by atoms with E-state index in [-0.39, 0.29) is 12.5 Å². The third kappa shape index (κ3) is 5.16. The van der Waals surface area contributed by atoms with Gasteiger partial charge in [-0.3, -0.25) is 11.3 Å². The van der Waals surface area contributed by atoms with Gasteiger partial charge in [0.15, 0.2) is 0 Å². The highest BCUT2D eigenvalue weighted by molar-refractivity contribution is 4.77. The molecular formula is C11H21F3N2. The van der Waals surface area contributed by atoms with Crippen molar-refractivity contribution < 1.29 is 13.2 Å². The predicted octanol–water partition coefficient (Wildman–Crippen LogP) is 3.13. The molecule has 2 nitrogen and oxygen atoms in total. The molecule has 1 unspecified atom stereocenters. The van der Waals surface area contributed by atoms with Gasteiger partial charge >= 0.3 is 6.18 Å². The Labute approximate surface area is 94.7 Å². The normalized spacial score (nSPS) is 21.8. The van der Waals surface area contributed by atoms with Crippen LogP contribution in [0.4, 0.5) is 13.2 Å². The van der Waals surface area contributed by atoms with Crippen molar-refractivity contribution in [3.63, 3.8) is 0 Å². The van der Waals surface area contributed by atoms with Crippen LogP contribution in [-0.2, 0) is 0 Å². The molecule has 0 aromatic rings. The highest BCUT2D eigenvalue weighted by atomic mass is 19.4. The molecule has 0 amide bonds. The van der Waals surface area contributed by atoms with Gasteiger partial charge in [0.25, 0.3) is 0 Å². The lowest BCUT2D eigenvalue weighted by Crippen LogP contribution is -2.41. The fraction of sp³-hybridized carbons (Fsp3) is 1.00. The Balaban J connectivity index is 2.39. The smallest absolute Gasteiger partial charge is 0.271 e. The molecule has 0 saturated heterocycles. The number of rotatable bonds is 4. The van der Waals surface area contributed by atoms with Crippen molar-refractivity contribution in [3.8, 4) is 0 Å². The van der Waals surface area contributed by atoms with Gasteiger partial charge in [0.05, 0.1) is 0 Å². The molecule has 0 aromatic heterocycles. The molecule has 1 aliphatic rings. The van der Waals surface area contributed by atoms with Crippen LogP contribution in [0.2, 0.25) is 0 Å². The second kappa shape index (κ2) is 6.45. The Morgan fingerprint density at radius 2 is 1.69 bits per heavy atom. The first-order valence-corrected chi connectivity index (χ1v) is 6.06. The second-order valence-corrected chi connectivity index (χ2v) is 4.68. The van der Waals surface area contributed by atoms with E-state index >= 15 is 0 Å². The van der Waals surface area contributed by atoms with Crippen LogP contribution in [0.25, 0.3) is 0 Å². The van der Waals surface area contributed by atoms with Crippen molar-refractivity contribution in [1.82, 2.24) is 5.43 Å². The predicted molar refractivity (Wildman–Crippen MR) is 57.6 cm³/mol. The van der Waals surface area contributed by atoms with Gasteiger partial charge < -0.3 is 0 Å². The van der Waals surface area contributed by atoms with Gasteiger partial charge in [-0.2, -0.15) is 13.2 Å². The first kappa shape index (κ1) is 13.8. The molecule has 96 valence electrons. The quantitative estimate of drug-likeness (QED) is 0.448. The zero-order valence-electron chi connectivity index (χ0n) is 9.52. The number of halogens is 3. The summed E-state index contributed by atoms with van der Waals surface area (Å²) in [6.45, 7) is 0. The van der Waals surface area contributed by atoms with Gasteiger partial charge in [-0.05, 0) is 25.2 Å². The monoisotopic (exact) mass is 238 g/mol. The van der Waals surface area contributed by atoms with Crippen LogP contribution >= 0.6 is 0 Å². The van der Waals surface area contributed by atoms with E-state index < -0.39 is 12.6 Å². The maximum absolute atomic E-state index is 12.1. The van der Waals surface area contributed by atoms with E-state index in [9.17, 15) is 13.2 Å². The standard InChI is InChI=1S/C11H21F3N2/c12-11(13,14)8-7-10(16-15)9-5-3-1-2-4-6-9/h9-10,16H,1-8,15H2. The number of alkyl halides is 3. The molecule has 16 heavy (non-hydrogen) atoms. The fourth-order valence-corrected chi connectivity index (χ4v) is 2.49. The van der Waals surface area contributed by atoms with Gasteiger partial charge in [0, 0.05) is 12.5 Å². The van der Waals surface area contributed by atoms with E-state index in [0.717, 1.165) is 25.7 Å². The van der Waals surface area contributed by atoms with E-state index in [0.29, 0.717) is 5.92 Å². The average Bonchev–Trinajstić information content (AvgIpc) is 2.46. The van der Waals surface area contributed by atoms with Crippen LogP contribution in [-0.4, -0.2) is 12.2 Å². The summed E-state index contributed by atoms with van der Waals surface area (Å²) in [4.78, 5) is 0. The van der Waals surface area contributed by atoms with E-state index in [1.165, 1.54) is 12.8 Å². The first-order valence-electron chi connectivity index (χ1n) is 6.06. The molecule has 1 aliphatic carbocycles. The Morgan fingerprint density at radius 3 is 2.12 bits per heavy atom. The summed E-state index contributed by atoms with van der Waals surface area (Å²) in [7, 11) is 0. The largest absolute Gasteiger partial charge is 0.389 e. The van der Waals surface area contributed by atoms with Gasteiger partial charge in [-0.15, -0.1) is 0 Å². The maximum atomic E-state index is 12.1. The molecule has 0 heterocycles. The van der Waals surface area contributed by atoms with E-state index in [1.54, 1.807) is 0 Å². The van der Waals surface area contributed by atoms with Crippen LogP contribution < -0.4 is 11.3 Å². The molecule has 1 rings (SSSR count). The van der Waals surface area contributed by atoms with Gasteiger partial charge in [0.2, 0.25) is 0 Å². The third-order valence-electron chi connectivity index (χ3n) is 3.42. The molecule has 0 aromatic carbocycles. The van der Waals surface area contributed by atoms with E-state index in [1.807, 2.05) is 0 Å². The van der Waals surface area contributed by atoms with Crippen molar-refractivity contribution in [1.29, 1.82) is 0 Å². The molecule has 0 spiro atoms. The third-order valence-corrected chi connectivity index (χ3v) is 3.42. The summed E-state index contributed by atoms with van der Waals surface area (Å²) in [5, 5.41) is 0. The summed E-state index contributed by atoms with van der Waals surface area (Å²) < 4.78 is 36.4. The number of hydrogen-bond donors (Lipinski definition) is 2. The number of nitrogens with one attached hydrogen (secondary N) is 1. The molecule has 0 aliphatic heterocycles. The minimum Gasteiger partial charge on any atom is -0.271 e. The van der Waals surface area contributed by atoms with Crippen LogP contribution in [0.5, 0.6) is 0 Å². The average molecular weight is 238 g/mol. The summed E-state index contributed by atoms with van der Waals surface area (Å²) in [5.74, 6) is 5.68. The van der Waals surface area contributed by atoms with Gasteiger partial charge in [0.1, 0.15) is 0 Å². The lowest BCUT2D eigenvalue weighted by molar-refractivity contribution is -0.137. The van der Waals surface area contributed by atoms with Gasteiger partial charge in [-0.1, -0.05) is 25.7 Å². The fourth-order valence-electron chi connectivity index (χ4n) is 2.49. The van der Waals surface area contributed by atoms with E-state index in [2.05, 4.69) is 5.43 Å². The zero-order valence-corrected chi connectivity index (χ0v) is 9.52. The maximum Gasteiger partial charge on any atom is 0.389 e.